The number of hydrogen-bond acceptors (Lipinski definition) is 2. The van der Waals surface area contributed by atoms with Crippen molar-refractivity contribution in [2.24, 2.45) is 0 Å². The molecule has 0 radical (unpaired) electrons. The van der Waals surface area contributed by atoms with Crippen molar-refractivity contribution in [3.05, 3.63) is 57.5 Å². The Morgan fingerprint density at radius 1 is 1.20 bits per heavy atom. The van der Waals surface area contributed by atoms with Crippen LogP contribution in [0.1, 0.15) is 25.5 Å². The van der Waals surface area contributed by atoms with Gasteiger partial charge >= 0.3 is 0 Å². The SMILES string of the molecule is CCNC(C)c1cc(Br)ccc1Sc1ccccc1Cl. The van der Waals surface area contributed by atoms with Gasteiger partial charge in [0.15, 0.2) is 0 Å². The van der Waals surface area contributed by atoms with Crippen molar-refractivity contribution in [3.8, 4) is 0 Å². The van der Waals surface area contributed by atoms with Crippen LogP contribution in [0.4, 0.5) is 0 Å². The van der Waals surface area contributed by atoms with Gasteiger partial charge in [0.1, 0.15) is 0 Å². The second-order valence-electron chi connectivity index (χ2n) is 4.49. The second-order valence-corrected chi connectivity index (χ2v) is 6.90. The summed E-state index contributed by atoms with van der Waals surface area (Å²) in [4.78, 5) is 2.32. The van der Waals surface area contributed by atoms with Crippen molar-refractivity contribution in [1.82, 2.24) is 5.32 Å². The number of nitrogens with one attached hydrogen (secondary N) is 1. The minimum absolute atomic E-state index is 0.308. The molecule has 1 nitrogen and oxygen atoms in total. The van der Waals surface area contributed by atoms with E-state index in [1.165, 1.54) is 10.5 Å². The van der Waals surface area contributed by atoms with Crippen LogP contribution in [-0.4, -0.2) is 6.54 Å². The molecule has 106 valence electrons. The molecule has 0 aliphatic rings. The van der Waals surface area contributed by atoms with Gasteiger partial charge in [-0.25, -0.2) is 0 Å². The lowest BCUT2D eigenvalue weighted by molar-refractivity contribution is 0.589. The van der Waals surface area contributed by atoms with Gasteiger partial charge in [-0.1, -0.05) is 58.3 Å². The Labute approximate surface area is 138 Å². The van der Waals surface area contributed by atoms with Gasteiger partial charge in [-0.05, 0) is 49.4 Å². The van der Waals surface area contributed by atoms with Crippen LogP contribution in [0.25, 0.3) is 0 Å². The van der Waals surface area contributed by atoms with E-state index in [9.17, 15) is 0 Å². The Morgan fingerprint density at radius 2 is 1.95 bits per heavy atom. The second kappa shape index (κ2) is 7.51. The van der Waals surface area contributed by atoms with E-state index < -0.39 is 0 Å². The molecule has 0 aromatic heterocycles. The molecule has 0 spiro atoms. The molecule has 1 unspecified atom stereocenters. The third kappa shape index (κ3) is 4.01. The topological polar surface area (TPSA) is 12.0 Å². The summed E-state index contributed by atoms with van der Waals surface area (Å²) in [7, 11) is 0. The Balaban J connectivity index is 2.34. The molecule has 2 aromatic rings. The standard InChI is InChI=1S/C16H17BrClNS/c1-3-19-11(2)13-10-12(17)8-9-15(13)20-16-7-5-4-6-14(16)18/h4-11,19H,3H2,1-2H3. The minimum atomic E-state index is 0.308. The summed E-state index contributed by atoms with van der Waals surface area (Å²) in [6.07, 6.45) is 0. The molecular formula is C16H17BrClNS. The lowest BCUT2D eigenvalue weighted by Crippen LogP contribution is -2.18. The van der Waals surface area contributed by atoms with Crippen molar-refractivity contribution in [2.45, 2.75) is 29.7 Å². The molecule has 4 heteroatoms. The van der Waals surface area contributed by atoms with Crippen LogP contribution in [0.2, 0.25) is 5.02 Å². The molecule has 0 amide bonds. The summed E-state index contributed by atoms with van der Waals surface area (Å²) >= 11 is 11.5. The zero-order valence-electron chi connectivity index (χ0n) is 11.5. The van der Waals surface area contributed by atoms with Crippen LogP contribution in [0, 0.1) is 0 Å². The fourth-order valence-corrected chi connectivity index (χ4v) is 3.68. The van der Waals surface area contributed by atoms with Gasteiger partial charge in [-0.3, -0.25) is 0 Å². The highest BCUT2D eigenvalue weighted by molar-refractivity contribution is 9.10. The van der Waals surface area contributed by atoms with Gasteiger partial charge < -0.3 is 5.32 Å². The third-order valence-electron chi connectivity index (χ3n) is 3.01. The first-order valence-corrected chi connectivity index (χ1v) is 8.55. The molecule has 0 fully saturated rings. The van der Waals surface area contributed by atoms with Gasteiger partial charge in [0.25, 0.3) is 0 Å². The van der Waals surface area contributed by atoms with E-state index in [4.69, 9.17) is 11.6 Å². The van der Waals surface area contributed by atoms with Gasteiger partial charge in [-0.15, -0.1) is 0 Å². The fourth-order valence-electron chi connectivity index (χ4n) is 2.01. The summed E-state index contributed by atoms with van der Waals surface area (Å²) in [5.41, 5.74) is 1.28. The Morgan fingerprint density at radius 3 is 2.65 bits per heavy atom. The van der Waals surface area contributed by atoms with Crippen molar-refractivity contribution < 1.29 is 0 Å². The normalized spacial score (nSPS) is 12.4. The van der Waals surface area contributed by atoms with E-state index in [0.29, 0.717) is 6.04 Å². The molecular weight excluding hydrogens is 354 g/mol. The number of rotatable bonds is 5. The van der Waals surface area contributed by atoms with Crippen molar-refractivity contribution in [2.75, 3.05) is 6.54 Å². The molecule has 0 aliphatic heterocycles. The average molecular weight is 371 g/mol. The number of hydrogen-bond donors (Lipinski definition) is 1. The quantitative estimate of drug-likeness (QED) is 0.700. The zero-order chi connectivity index (χ0) is 14.5. The van der Waals surface area contributed by atoms with E-state index >= 15 is 0 Å². The van der Waals surface area contributed by atoms with E-state index in [-0.39, 0.29) is 0 Å². The van der Waals surface area contributed by atoms with Crippen LogP contribution < -0.4 is 5.32 Å². The Kier molecular flexibility index (Phi) is 5.97. The summed E-state index contributed by atoms with van der Waals surface area (Å²) in [6, 6.07) is 14.6. The Bertz CT molecular complexity index is 588. The summed E-state index contributed by atoms with van der Waals surface area (Å²) in [5.74, 6) is 0. The van der Waals surface area contributed by atoms with Gasteiger partial charge in [0.2, 0.25) is 0 Å². The highest BCUT2D eigenvalue weighted by atomic mass is 79.9. The van der Waals surface area contributed by atoms with Crippen molar-refractivity contribution in [3.63, 3.8) is 0 Å². The molecule has 0 heterocycles. The van der Waals surface area contributed by atoms with Crippen LogP contribution in [0.5, 0.6) is 0 Å². The predicted molar refractivity (Wildman–Crippen MR) is 91.8 cm³/mol. The first kappa shape index (κ1) is 15.9. The molecule has 0 saturated heterocycles. The summed E-state index contributed by atoms with van der Waals surface area (Å²) in [6.45, 7) is 5.25. The molecule has 0 aliphatic carbocycles. The van der Waals surface area contributed by atoms with Gasteiger partial charge in [0, 0.05) is 20.3 Å². The lowest BCUT2D eigenvalue weighted by atomic mass is 10.1. The largest absolute Gasteiger partial charge is 0.310 e. The number of benzene rings is 2. The maximum absolute atomic E-state index is 6.25. The van der Waals surface area contributed by atoms with Crippen molar-refractivity contribution >= 4 is 39.3 Å². The van der Waals surface area contributed by atoms with Crippen LogP contribution >= 0.6 is 39.3 Å². The van der Waals surface area contributed by atoms with E-state index in [1.807, 2.05) is 18.2 Å². The zero-order valence-corrected chi connectivity index (χ0v) is 14.6. The minimum Gasteiger partial charge on any atom is -0.310 e. The summed E-state index contributed by atoms with van der Waals surface area (Å²) in [5, 5.41) is 4.26. The monoisotopic (exact) mass is 369 g/mol. The van der Waals surface area contributed by atoms with Crippen LogP contribution in [0.15, 0.2) is 56.7 Å². The van der Waals surface area contributed by atoms with E-state index in [0.717, 1.165) is 20.9 Å². The molecule has 20 heavy (non-hydrogen) atoms. The van der Waals surface area contributed by atoms with Crippen LogP contribution in [-0.2, 0) is 0 Å². The number of halogens is 2. The highest BCUT2D eigenvalue weighted by Crippen LogP contribution is 2.37. The molecule has 0 bridgehead atoms. The van der Waals surface area contributed by atoms with Crippen LogP contribution in [0.3, 0.4) is 0 Å². The maximum Gasteiger partial charge on any atom is 0.0545 e. The molecule has 1 N–H and O–H groups in total. The molecule has 2 rings (SSSR count). The van der Waals surface area contributed by atoms with E-state index in [2.05, 4.69) is 59.4 Å². The molecule has 2 aromatic carbocycles. The third-order valence-corrected chi connectivity index (χ3v) is 5.11. The van der Waals surface area contributed by atoms with Gasteiger partial charge in [-0.2, -0.15) is 0 Å². The highest BCUT2D eigenvalue weighted by Gasteiger charge is 2.12. The van der Waals surface area contributed by atoms with Gasteiger partial charge in [0.05, 0.1) is 5.02 Å². The maximum atomic E-state index is 6.25. The molecule has 0 saturated carbocycles. The molecule has 1 atom stereocenters. The fraction of sp³-hybridized carbons (Fsp3) is 0.250. The first-order chi connectivity index (χ1) is 9.61. The Hall–Kier alpha value is -0.480. The predicted octanol–water partition coefficient (Wildman–Crippen LogP) is 5.92. The smallest absolute Gasteiger partial charge is 0.0545 e. The van der Waals surface area contributed by atoms with Crippen molar-refractivity contribution in [1.29, 1.82) is 0 Å². The average Bonchev–Trinajstić information content (AvgIpc) is 2.43. The summed E-state index contributed by atoms with van der Waals surface area (Å²) < 4.78 is 1.10. The van der Waals surface area contributed by atoms with E-state index in [1.54, 1.807) is 11.8 Å². The lowest BCUT2D eigenvalue weighted by Gasteiger charge is -2.17. The first-order valence-electron chi connectivity index (χ1n) is 6.57.